The van der Waals surface area contributed by atoms with E-state index in [0.29, 0.717) is 9.88 Å². The van der Waals surface area contributed by atoms with E-state index in [9.17, 15) is 9.59 Å². The molecule has 24 heavy (non-hydrogen) atoms. The standard InChI is InChI=1S/C18H16N2O3S/c1-2-12-5-3-6-13(11-12)19-18(22)15-8-9-16(24-15)20-17(21)14-7-4-10-23-14/h3-11H,2H2,1H3,(H,19,22)(H,20,21). The van der Waals surface area contributed by atoms with Crippen molar-refractivity contribution < 1.29 is 14.0 Å². The van der Waals surface area contributed by atoms with Gasteiger partial charge in [-0.3, -0.25) is 9.59 Å². The number of hydrogen-bond donors (Lipinski definition) is 2. The summed E-state index contributed by atoms with van der Waals surface area (Å²) in [5, 5.41) is 6.16. The molecule has 0 saturated carbocycles. The first-order valence-corrected chi connectivity index (χ1v) is 8.32. The number of rotatable bonds is 5. The van der Waals surface area contributed by atoms with Gasteiger partial charge < -0.3 is 15.1 Å². The SMILES string of the molecule is CCc1cccc(NC(=O)c2ccc(NC(=O)c3ccco3)s2)c1. The number of benzene rings is 1. The van der Waals surface area contributed by atoms with E-state index in [1.807, 2.05) is 24.3 Å². The fraction of sp³-hybridized carbons (Fsp3) is 0.111. The van der Waals surface area contributed by atoms with Crippen LogP contribution in [0.3, 0.4) is 0 Å². The molecule has 2 amide bonds. The highest BCUT2D eigenvalue weighted by Crippen LogP contribution is 2.24. The molecule has 2 heterocycles. The van der Waals surface area contributed by atoms with E-state index in [0.717, 1.165) is 17.7 Å². The zero-order valence-corrected chi connectivity index (χ0v) is 13.9. The van der Waals surface area contributed by atoms with E-state index in [2.05, 4.69) is 17.6 Å². The maximum absolute atomic E-state index is 12.3. The molecule has 6 heteroatoms. The van der Waals surface area contributed by atoms with Crippen molar-refractivity contribution >= 4 is 33.8 Å². The molecule has 1 aromatic carbocycles. The minimum absolute atomic E-state index is 0.202. The topological polar surface area (TPSA) is 71.3 Å². The van der Waals surface area contributed by atoms with E-state index in [1.54, 1.807) is 24.3 Å². The molecule has 2 aromatic heterocycles. The third-order valence-corrected chi connectivity index (χ3v) is 4.40. The largest absolute Gasteiger partial charge is 0.459 e. The third-order valence-electron chi connectivity index (χ3n) is 3.40. The first-order chi connectivity index (χ1) is 11.7. The maximum Gasteiger partial charge on any atom is 0.291 e. The lowest BCUT2D eigenvalue weighted by Crippen LogP contribution is -2.10. The summed E-state index contributed by atoms with van der Waals surface area (Å²) < 4.78 is 5.04. The van der Waals surface area contributed by atoms with Gasteiger partial charge in [-0.2, -0.15) is 0 Å². The molecule has 0 bridgehead atoms. The molecule has 3 aromatic rings. The van der Waals surface area contributed by atoms with Gasteiger partial charge in [0.25, 0.3) is 11.8 Å². The van der Waals surface area contributed by atoms with Gasteiger partial charge in [0.1, 0.15) is 0 Å². The van der Waals surface area contributed by atoms with Gasteiger partial charge in [0.15, 0.2) is 5.76 Å². The van der Waals surface area contributed by atoms with Crippen LogP contribution < -0.4 is 10.6 Å². The molecule has 122 valence electrons. The smallest absolute Gasteiger partial charge is 0.291 e. The van der Waals surface area contributed by atoms with Gasteiger partial charge in [-0.25, -0.2) is 0 Å². The fourth-order valence-electron chi connectivity index (χ4n) is 2.17. The molecule has 0 radical (unpaired) electrons. The summed E-state index contributed by atoms with van der Waals surface area (Å²) in [7, 11) is 0. The van der Waals surface area contributed by atoms with Crippen LogP contribution >= 0.6 is 11.3 Å². The molecule has 0 aliphatic heterocycles. The molecule has 5 nitrogen and oxygen atoms in total. The van der Waals surface area contributed by atoms with Crippen LogP contribution in [0, 0.1) is 0 Å². The molecule has 0 unspecified atom stereocenters. The molecule has 0 spiro atoms. The highest BCUT2D eigenvalue weighted by atomic mass is 32.1. The minimum Gasteiger partial charge on any atom is -0.459 e. The second-order valence-corrected chi connectivity index (χ2v) is 6.19. The Morgan fingerprint density at radius 3 is 2.67 bits per heavy atom. The molecule has 0 aliphatic rings. The van der Waals surface area contributed by atoms with Crippen molar-refractivity contribution in [1.29, 1.82) is 0 Å². The predicted molar refractivity (Wildman–Crippen MR) is 94.8 cm³/mol. The normalized spacial score (nSPS) is 10.4. The number of carbonyl (C=O) groups is 2. The van der Waals surface area contributed by atoms with E-state index >= 15 is 0 Å². The first-order valence-electron chi connectivity index (χ1n) is 7.50. The van der Waals surface area contributed by atoms with Crippen molar-refractivity contribution in [2.75, 3.05) is 10.6 Å². The summed E-state index contributed by atoms with van der Waals surface area (Å²) in [5.41, 5.74) is 1.92. The van der Waals surface area contributed by atoms with Crippen LogP contribution in [-0.4, -0.2) is 11.8 Å². The monoisotopic (exact) mass is 340 g/mol. The van der Waals surface area contributed by atoms with E-state index < -0.39 is 0 Å². The Morgan fingerprint density at radius 2 is 1.92 bits per heavy atom. The molecule has 0 aliphatic carbocycles. The summed E-state index contributed by atoms with van der Waals surface area (Å²) in [6.07, 6.45) is 2.35. The van der Waals surface area contributed by atoms with Gasteiger partial charge in [0, 0.05) is 5.69 Å². The summed E-state index contributed by atoms with van der Waals surface area (Å²) in [6, 6.07) is 14.3. The lowest BCUT2D eigenvalue weighted by molar-refractivity contribution is 0.0995. The van der Waals surface area contributed by atoms with Crippen molar-refractivity contribution in [3.05, 3.63) is 71.0 Å². The van der Waals surface area contributed by atoms with Crippen LogP contribution in [0.25, 0.3) is 0 Å². The lowest BCUT2D eigenvalue weighted by Gasteiger charge is -2.05. The number of nitrogens with one attached hydrogen (secondary N) is 2. The maximum atomic E-state index is 12.3. The number of furan rings is 1. The second kappa shape index (κ2) is 7.14. The zero-order chi connectivity index (χ0) is 16.9. The number of aryl methyl sites for hydroxylation is 1. The number of anilines is 2. The number of amides is 2. The highest BCUT2D eigenvalue weighted by molar-refractivity contribution is 7.18. The summed E-state index contributed by atoms with van der Waals surface area (Å²) >= 11 is 1.21. The molecule has 2 N–H and O–H groups in total. The van der Waals surface area contributed by atoms with E-state index in [4.69, 9.17) is 4.42 Å². The molecule has 0 fully saturated rings. The third kappa shape index (κ3) is 3.72. The number of thiophene rings is 1. The van der Waals surface area contributed by atoms with Crippen LogP contribution in [-0.2, 0) is 6.42 Å². The Labute approximate surface area is 143 Å². The molecular weight excluding hydrogens is 324 g/mol. The van der Waals surface area contributed by atoms with Gasteiger partial charge in [0.2, 0.25) is 0 Å². The lowest BCUT2D eigenvalue weighted by atomic mass is 10.1. The van der Waals surface area contributed by atoms with Crippen LogP contribution in [0.2, 0.25) is 0 Å². The fourth-order valence-corrected chi connectivity index (χ4v) is 2.97. The van der Waals surface area contributed by atoms with Gasteiger partial charge in [-0.05, 0) is 48.4 Å². The van der Waals surface area contributed by atoms with Crippen molar-refractivity contribution in [3.8, 4) is 0 Å². The average molecular weight is 340 g/mol. The van der Waals surface area contributed by atoms with E-state index in [1.165, 1.54) is 17.6 Å². The van der Waals surface area contributed by atoms with Crippen LogP contribution in [0.5, 0.6) is 0 Å². The Kier molecular flexibility index (Phi) is 4.77. The van der Waals surface area contributed by atoms with Crippen LogP contribution in [0.15, 0.2) is 59.2 Å². The molecular formula is C18H16N2O3S. The second-order valence-electron chi connectivity index (χ2n) is 5.10. The number of hydrogen-bond acceptors (Lipinski definition) is 4. The minimum atomic E-state index is -0.343. The van der Waals surface area contributed by atoms with Gasteiger partial charge in [0.05, 0.1) is 16.1 Å². The summed E-state index contributed by atoms with van der Waals surface area (Å²) in [6.45, 7) is 2.06. The zero-order valence-electron chi connectivity index (χ0n) is 13.0. The predicted octanol–water partition coefficient (Wildman–Crippen LogP) is 4.41. The van der Waals surface area contributed by atoms with Gasteiger partial charge in [-0.15, -0.1) is 11.3 Å². The molecule has 3 rings (SSSR count). The number of carbonyl (C=O) groups excluding carboxylic acids is 2. The van der Waals surface area contributed by atoms with Crippen molar-refractivity contribution in [2.45, 2.75) is 13.3 Å². The van der Waals surface area contributed by atoms with Crippen molar-refractivity contribution in [1.82, 2.24) is 0 Å². The Morgan fingerprint density at radius 1 is 1.04 bits per heavy atom. The first kappa shape index (κ1) is 16.0. The Balaban J connectivity index is 1.66. The summed E-state index contributed by atoms with van der Waals surface area (Å²) in [4.78, 5) is 24.7. The van der Waals surface area contributed by atoms with E-state index in [-0.39, 0.29) is 17.6 Å². The van der Waals surface area contributed by atoms with Crippen molar-refractivity contribution in [2.24, 2.45) is 0 Å². The van der Waals surface area contributed by atoms with Crippen LogP contribution in [0.4, 0.5) is 10.7 Å². The Hall–Kier alpha value is -2.86. The van der Waals surface area contributed by atoms with Gasteiger partial charge in [-0.1, -0.05) is 19.1 Å². The summed E-state index contributed by atoms with van der Waals surface area (Å²) in [5.74, 6) is -0.318. The van der Waals surface area contributed by atoms with Crippen LogP contribution in [0.1, 0.15) is 32.7 Å². The van der Waals surface area contributed by atoms with Gasteiger partial charge >= 0.3 is 0 Å². The van der Waals surface area contributed by atoms with Crippen molar-refractivity contribution in [3.63, 3.8) is 0 Å². The molecule has 0 saturated heterocycles. The Bertz CT molecular complexity index is 853. The highest BCUT2D eigenvalue weighted by Gasteiger charge is 2.13. The molecule has 0 atom stereocenters. The quantitative estimate of drug-likeness (QED) is 0.723. The average Bonchev–Trinajstić information content (AvgIpc) is 3.26.